The average molecular weight is 472 g/mol. The normalized spacial score (nSPS) is 27.8. The molecule has 34 heavy (non-hydrogen) atoms. The van der Waals surface area contributed by atoms with Gasteiger partial charge in [-0.15, -0.1) is 0 Å². The summed E-state index contributed by atoms with van der Waals surface area (Å²) in [6.45, 7) is 2.55. The number of carbonyl (C=O) groups excluding carboxylic acids is 3. The molecule has 2 heterocycles. The van der Waals surface area contributed by atoms with Crippen LogP contribution in [0.4, 0.5) is 5.69 Å². The molecular formula is C24H33N5O5. The Balaban J connectivity index is 1.48. The predicted molar refractivity (Wildman–Crippen MR) is 125 cm³/mol. The van der Waals surface area contributed by atoms with E-state index in [0.29, 0.717) is 44.2 Å². The van der Waals surface area contributed by atoms with Crippen molar-refractivity contribution in [3.05, 3.63) is 29.8 Å². The fraction of sp³-hybridized carbons (Fsp3) is 0.583. The van der Waals surface area contributed by atoms with Gasteiger partial charge in [0, 0.05) is 37.3 Å². The van der Waals surface area contributed by atoms with Gasteiger partial charge in [0.05, 0.1) is 12.1 Å². The third-order valence-corrected chi connectivity index (χ3v) is 7.38. The van der Waals surface area contributed by atoms with Crippen LogP contribution < -0.4 is 16.4 Å². The molecule has 184 valence electrons. The van der Waals surface area contributed by atoms with Crippen LogP contribution in [0.15, 0.2) is 24.3 Å². The van der Waals surface area contributed by atoms with Crippen molar-refractivity contribution in [1.29, 1.82) is 0 Å². The highest BCUT2D eigenvalue weighted by Crippen LogP contribution is 2.33. The third kappa shape index (κ3) is 5.39. The summed E-state index contributed by atoms with van der Waals surface area (Å²) >= 11 is 0. The van der Waals surface area contributed by atoms with E-state index in [1.807, 2.05) is 0 Å². The maximum absolute atomic E-state index is 13.5. The lowest BCUT2D eigenvalue weighted by Gasteiger charge is -2.33. The molecule has 10 nitrogen and oxygen atoms in total. The Bertz CT molecular complexity index is 928. The van der Waals surface area contributed by atoms with Crippen LogP contribution in [0.5, 0.6) is 0 Å². The van der Waals surface area contributed by atoms with Gasteiger partial charge in [-0.25, -0.2) is 4.79 Å². The Morgan fingerprint density at radius 1 is 1.12 bits per heavy atom. The minimum atomic E-state index is -1.04. The van der Waals surface area contributed by atoms with E-state index >= 15 is 0 Å². The van der Waals surface area contributed by atoms with Crippen LogP contribution in [-0.2, 0) is 14.4 Å². The first-order valence-electron chi connectivity index (χ1n) is 12.0. The molecule has 3 aliphatic rings. The monoisotopic (exact) mass is 471 g/mol. The van der Waals surface area contributed by atoms with Crippen molar-refractivity contribution in [2.75, 3.05) is 38.0 Å². The number of nitrogens with two attached hydrogens (primary N) is 1. The molecule has 2 saturated heterocycles. The summed E-state index contributed by atoms with van der Waals surface area (Å²) in [7, 11) is 0. The van der Waals surface area contributed by atoms with E-state index in [4.69, 9.17) is 10.8 Å². The van der Waals surface area contributed by atoms with Gasteiger partial charge in [0.1, 0.15) is 6.04 Å². The number of piperazine rings is 1. The predicted octanol–water partition coefficient (Wildman–Crippen LogP) is 0.490. The van der Waals surface area contributed by atoms with Gasteiger partial charge in [-0.05, 0) is 68.8 Å². The van der Waals surface area contributed by atoms with Crippen LogP contribution >= 0.6 is 0 Å². The largest absolute Gasteiger partial charge is 0.478 e. The number of hydrogen-bond acceptors (Lipinski definition) is 6. The minimum Gasteiger partial charge on any atom is -0.478 e. The number of nitrogens with one attached hydrogen (secondary N) is 2. The quantitative estimate of drug-likeness (QED) is 0.472. The molecule has 3 amide bonds. The van der Waals surface area contributed by atoms with Crippen molar-refractivity contribution in [3.8, 4) is 0 Å². The third-order valence-electron chi connectivity index (χ3n) is 7.38. The molecule has 0 unspecified atom stereocenters. The number of anilines is 1. The molecule has 1 aromatic rings. The molecule has 2 aliphatic heterocycles. The van der Waals surface area contributed by atoms with E-state index in [1.54, 1.807) is 17.0 Å². The highest BCUT2D eigenvalue weighted by molar-refractivity contribution is 5.98. The van der Waals surface area contributed by atoms with Gasteiger partial charge in [-0.3, -0.25) is 19.3 Å². The lowest BCUT2D eigenvalue weighted by Crippen LogP contribution is -2.52. The number of rotatable bonds is 6. The summed E-state index contributed by atoms with van der Waals surface area (Å²) < 4.78 is 0. The van der Waals surface area contributed by atoms with Gasteiger partial charge in [0.25, 0.3) is 0 Å². The van der Waals surface area contributed by atoms with Crippen LogP contribution in [0.2, 0.25) is 0 Å². The number of likely N-dealkylation sites (tertiary alicyclic amines) is 1. The second-order valence-corrected chi connectivity index (χ2v) is 9.54. The maximum atomic E-state index is 13.5. The zero-order valence-electron chi connectivity index (χ0n) is 19.2. The minimum absolute atomic E-state index is 0.000748. The molecule has 0 radical (unpaired) electrons. The van der Waals surface area contributed by atoms with Crippen molar-refractivity contribution >= 4 is 29.4 Å². The maximum Gasteiger partial charge on any atom is 0.335 e. The Hall–Kier alpha value is -2.98. The van der Waals surface area contributed by atoms with Gasteiger partial charge in [0.2, 0.25) is 17.7 Å². The number of carbonyl (C=O) groups is 4. The van der Waals surface area contributed by atoms with E-state index in [2.05, 4.69) is 15.5 Å². The van der Waals surface area contributed by atoms with Crippen molar-refractivity contribution in [1.82, 2.24) is 15.1 Å². The molecule has 2 atom stereocenters. The van der Waals surface area contributed by atoms with Crippen molar-refractivity contribution in [2.24, 2.45) is 17.6 Å². The molecule has 3 fully saturated rings. The van der Waals surface area contributed by atoms with E-state index in [0.717, 1.165) is 25.7 Å². The molecule has 10 heteroatoms. The molecular weight excluding hydrogens is 438 g/mol. The number of hydrogen-bond donors (Lipinski definition) is 4. The second-order valence-electron chi connectivity index (χ2n) is 9.54. The number of nitrogens with zero attached hydrogens (tertiary/aromatic N) is 2. The summed E-state index contributed by atoms with van der Waals surface area (Å²) in [6, 6.07) is 5.24. The van der Waals surface area contributed by atoms with Crippen molar-refractivity contribution < 1.29 is 24.3 Å². The number of aromatic carboxylic acids is 1. The molecule has 1 saturated carbocycles. The van der Waals surface area contributed by atoms with E-state index in [-0.39, 0.29) is 41.8 Å². The number of carboxylic acids is 1. The molecule has 1 aliphatic carbocycles. The number of carboxylic acid groups (broad SMARTS) is 1. The summed E-state index contributed by atoms with van der Waals surface area (Å²) in [5, 5.41) is 14.7. The SMILES string of the molecule is NC[C@H]1CC[C@H](C(=O)N2C[C@@H](N3CCNC(=O)C3)C[C@H]2C(=O)Nc2ccc(C(=O)O)cc2)CC1. The van der Waals surface area contributed by atoms with E-state index < -0.39 is 12.0 Å². The van der Waals surface area contributed by atoms with Gasteiger partial charge in [0.15, 0.2) is 0 Å². The van der Waals surface area contributed by atoms with E-state index in [9.17, 15) is 19.2 Å². The standard InChI is InChI=1S/C24H33N5O5/c25-12-15-1-3-16(4-2-15)23(32)29-13-19(28-10-9-26-21(30)14-28)11-20(29)22(31)27-18-7-5-17(6-8-18)24(33)34/h5-8,15-16,19-20H,1-4,9-14,25H2,(H,26,30)(H,27,31)(H,33,34)/t15-,16-,19-,20-/m0/s1. The van der Waals surface area contributed by atoms with Crippen molar-refractivity contribution in [3.63, 3.8) is 0 Å². The lowest BCUT2D eigenvalue weighted by molar-refractivity contribution is -0.141. The average Bonchev–Trinajstić information content (AvgIpc) is 3.30. The van der Waals surface area contributed by atoms with Crippen molar-refractivity contribution in [2.45, 2.75) is 44.2 Å². The zero-order valence-corrected chi connectivity index (χ0v) is 19.2. The van der Waals surface area contributed by atoms with Gasteiger partial charge in [-0.2, -0.15) is 0 Å². The Morgan fingerprint density at radius 2 is 1.82 bits per heavy atom. The highest BCUT2D eigenvalue weighted by Gasteiger charge is 2.44. The molecule has 0 bridgehead atoms. The Kier molecular flexibility index (Phi) is 7.47. The van der Waals surface area contributed by atoms with Crippen LogP contribution in [0, 0.1) is 11.8 Å². The fourth-order valence-electron chi connectivity index (χ4n) is 5.34. The highest BCUT2D eigenvalue weighted by atomic mass is 16.4. The summed E-state index contributed by atoms with van der Waals surface area (Å²) in [5.41, 5.74) is 6.41. The van der Waals surface area contributed by atoms with Gasteiger partial charge in [-0.1, -0.05) is 0 Å². The molecule has 1 aromatic carbocycles. The zero-order chi connectivity index (χ0) is 24.2. The first kappa shape index (κ1) is 24.2. The summed E-state index contributed by atoms with van der Waals surface area (Å²) in [4.78, 5) is 53.6. The smallest absolute Gasteiger partial charge is 0.335 e. The van der Waals surface area contributed by atoms with Gasteiger partial charge >= 0.3 is 5.97 Å². The Labute approximate surface area is 198 Å². The molecule has 0 spiro atoms. The van der Waals surface area contributed by atoms with E-state index in [1.165, 1.54) is 12.1 Å². The summed E-state index contributed by atoms with van der Waals surface area (Å²) in [6.07, 6.45) is 3.85. The number of amides is 3. The molecule has 4 rings (SSSR count). The topological polar surface area (TPSA) is 145 Å². The Morgan fingerprint density at radius 3 is 2.44 bits per heavy atom. The van der Waals surface area contributed by atoms with Crippen LogP contribution in [0.25, 0.3) is 0 Å². The second kappa shape index (κ2) is 10.5. The lowest BCUT2D eigenvalue weighted by atomic mass is 9.81. The first-order chi connectivity index (χ1) is 16.4. The van der Waals surface area contributed by atoms with Crippen LogP contribution in [0.3, 0.4) is 0 Å². The molecule has 0 aromatic heterocycles. The van der Waals surface area contributed by atoms with Gasteiger partial charge < -0.3 is 26.4 Å². The summed E-state index contributed by atoms with van der Waals surface area (Å²) in [5.74, 6) is -1.04. The molecule has 5 N–H and O–H groups in total. The first-order valence-corrected chi connectivity index (χ1v) is 12.0. The fourth-order valence-corrected chi connectivity index (χ4v) is 5.34. The van der Waals surface area contributed by atoms with Crippen LogP contribution in [-0.4, -0.2) is 83.4 Å². The van der Waals surface area contributed by atoms with Crippen LogP contribution in [0.1, 0.15) is 42.5 Å². The number of benzene rings is 1.